The molecule has 2 heterocycles. The predicted molar refractivity (Wildman–Crippen MR) is 198 cm³/mol. The summed E-state index contributed by atoms with van der Waals surface area (Å²) in [5.74, 6) is -1.31. The van der Waals surface area contributed by atoms with Crippen LogP contribution in [0.3, 0.4) is 0 Å². The van der Waals surface area contributed by atoms with Gasteiger partial charge in [-0.2, -0.15) is 0 Å². The molecule has 0 aromatic heterocycles. The SMILES string of the molecule is CC(=O)O[C@@H]1[C@@H](OCc2ccccc2)[C@H](O)O[C@H](CO[C@@H]2OC[C@H](OCc3ccccc3)[C@H](OCc3ccccc3)[C@H]2OCc2ccccc2)[C@@H]1OC(C)=O. The standard InChI is InChI=1S/C43H48O12/c1-29(44)53-38-36(55-42(46)40(39(38)54-30(2)45)49-25-33-19-11-5-12-20-33)28-52-43-41(50-26-34-21-13-6-14-22-34)37(48-24-32-17-9-4-10-18-32)35(27-51-43)47-23-31-15-7-3-8-16-31/h3-22,35-43,46H,23-28H2,1-2H3/t35-,36+,37-,38-,39-,40+,41+,42+,43-/m0/s1. The molecule has 0 unspecified atom stereocenters. The molecule has 0 aliphatic carbocycles. The molecule has 1 N–H and O–H groups in total. The van der Waals surface area contributed by atoms with Gasteiger partial charge in [0.25, 0.3) is 0 Å². The number of aliphatic hydroxyl groups excluding tert-OH is 1. The zero-order valence-corrected chi connectivity index (χ0v) is 30.9. The summed E-state index contributed by atoms with van der Waals surface area (Å²) in [7, 11) is 0. The first kappa shape index (κ1) is 40.2. The Morgan fingerprint density at radius 1 is 0.545 bits per heavy atom. The monoisotopic (exact) mass is 756 g/mol. The van der Waals surface area contributed by atoms with Gasteiger partial charge in [-0.25, -0.2) is 0 Å². The summed E-state index contributed by atoms with van der Waals surface area (Å²) in [5, 5.41) is 11.2. The van der Waals surface area contributed by atoms with E-state index in [1.807, 2.05) is 121 Å². The Hall–Kier alpha value is -4.50. The van der Waals surface area contributed by atoms with Gasteiger partial charge in [0.1, 0.15) is 30.5 Å². The van der Waals surface area contributed by atoms with E-state index in [4.69, 9.17) is 42.6 Å². The Bertz CT molecular complexity index is 1730. The molecule has 12 nitrogen and oxygen atoms in total. The summed E-state index contributed by atoms with van der Waals surface area (Å²) in [5.41, 5.74) is 3.69. The van der Waals surface area contributed by atoms with Gasteiger partial charge < -0.3 is 47.7 Å². The minimum absolute atomic E-state index is 0.0753. The maximum absolute atomic E-state index is 12.4. The number of esters is 2. The molecule has 0 amide bonds. The van der Waals surface area contributed by atoms with Crippen molar-refractivity contribution >= 4 is 11.9 Å². The number of hydrogen-bond donors (Lipinski definition) is 1. The molecule has 4 aromatic rings. The van der Waals surface area contributed by atoms with Crippen LogP contribution in [0, 0.1) is 0 Å². The molecule has 0 saturated carbocycles. The summed E-state index contributed by atoms with van der Waals surface area (Å²) in [4.78, 5) is 24.8. The third-order valence-corrected chi connectivity index (χ3v) is 9.18. The zero-order valence-electron chi connectivity index (χ0n) is 30.9. The smallest absolute Gasteiger partial charge is 0.303 e. The number of aliphatic hydroxyl groups is 1. The number of hydrogen-bond acceptors (Lipinski definition) is 12. The van der Waals surface area contributed by atoms with E-state index in [0.29, 0.717) is 6.61 Å². The Labute approximate surface area is 321 Å². The summed E-state index contributed by atoms with van der Waals surface area (Å²) in [6, 6.07) is 38.6. The second kappa shape index (κ2) is 20.4. The summed E-state index contributed by atoms with van der Waals surface area (Å²) >= 11 is 0. The van der Waals surface area contributed by atoms with Crippen LogP contribution in [-0.4, -0.2) is 85.6 Å². The van der Waals surface area contributed by atoms with Crippen molar-refractivity contribution in [1.82, 2.24) is 0 Å². The van der Waals surface area contributed by atoms with E-state index in [1.165, 1.54) is 13.8 Å². The third kappa shape index (κ3) is 11.7. The van der Waals surface area contributed by atoms with Crippen LogP contribution < -0.4 is 0 Å². The normalized spacial score (nSPS) is 26.6. The van der Waals surface area contributed by atoms with Crippen LogP contribution in [0.15, 0.2) is 121 Å². The van der Waals surface area contributed by atoms with Crippen molar-refractivity contribution in [2.24, 2.45) is 0 Å². The van der Waals surface area contributed by atoms with Crippen molar-refractivity contribution in [2.45, 2.75) is 95.6 Å². The molecule has 4 aromatic carbocycles. The van der Waals surface area contributed by atoms with E-state index >= 15 is 0 Å². The highest BCUT2D eigenvalue weighted by Gasteiger charge is 2.51. The summed E-state index contributed by atoms with van der Waals surface area (Å²) < 4.78 is 55.7. The Balaban J connectivity index is 1.23. The van der Waals surface area contributed by atoms with Gasteiger partial charge in [-0.05, 0) is 22.3 Å². The summed E-state index contributed by atoms with van der Waals surface area (Å²) in [6.07, 6.45) is -9.31. The van der Waals surface area contributed by atoms with Crippen molar-refractivity contribution in [3.63, 3.8) is 0 Å². The summed E-state index contributed by atoms with van der Waals surface area (Å²) in [6.45, 7) is 3.19. The predicted octanol–water partition coefficient (Wildman–Crippen LogP) is 5.28. The van der Waals surface area contributed by atoms with Gasteiger partial charge in [0.05, 0.1) is 39.6 Å². The second-order valence-electron chi connectivity index (χ2n) is 13.4. The van der Waals surface area contributed by atoms with Gasteiger partial charge >= 0.3 is 11.9 Å². The van der Waals surface area contributed by atoms with Gasteiger partial charge in [-0.3, -0.25) is 9.59 Å². The van der Waals surface area contributed by atoms with Crippen molar-refractivity contribution in [3.8, 4) is 0 Å². The molecule has 12 heteroatoms. The van der Waals surface area contributed by atoms with Gasteiger partial charge in [0.2, 0.25) is 0 Å². The maximum atomic E-state index is 12.4. The van der Waals surface area contributed by atoms with Gasteiger partial charge in [0.15, 0.2) is 24.8 Å². The molecule has 55 heavy (non-hydrogen) atoms. The van der Waals surface area contributed by atoms with Crippen LogP contribution in [0.1, 0.15) is 36.1 Å². The van der Waals surface area contributed by atoms with Gasteiger partial charge in [-0.15, -0.1) is 0 Å². The average molecular weight is 757 g/mol. The fourth-order valence-corrected chi connectivity index (χ4v) is 6.54. The lowest BCUT2D eigenvalue weighted by molar-refractivity contribution is -0.329. The molecule has 2 aliphatic heterocycles. The Morgan fingerprint density at radius 3 is 1.44 bits per heavy atom. The quantitative estimate of drug-likeness (QED) is 0.140. The lowest BCUT2D eigenvalue weighted by Crippen LogP contribution is -2.62. The molecular formula is C43H48O12. The Morgan fingerprint density at radius 2 is 0.964 bits per heavy atom. The number of carbonyl (C=O) groups excluding carboxylic acids is 2. The lowest BCUT2D eigenvalue weighted by Gasteiger charge is -2.45. The van der Waals surface area contributed by atoms with Crippen molar-refractivity contribution in [2.75, 3.05) is 13.2 Å². The van der Waals surface area contributed by atoms with Gasteiger partial charge in [-0.1, -0.05) is 121 Å². The van der Waals surface area contributed by atoms with E-state index in [1.54, 1.807) is 0 Å². The fraction of sp³-hybridized carbons (Fsp3) is 0.395. The van der Waals surface area contributed by atoms with Crippen molar-refractivity contribution in [1.29, 1.82) is 0 Å². The van der Waals surface area contributed by atoms with Crippen molar-refractivity contribution in [3.05, 3.63) is 144 Å². The van der Waals surface area contributed by atoms with E-state index in [2.05, 4.69) is 0 Å². The first-order valence-electron chi connectivity index (χ1n) is 18.4. The molecule has 9 atom stereocenters. The van der Waals surface area contributed by atoms with Crippen LogP contribution in [0.2, 0.25) is 0 Å². The maximum Gasteiger partial charge on any atom is 0.303 e. The highest BCUT2D eigenvalue weighted by molar-refractivity contribution is 5.67. The number of ether oxygens (including phenoxy) is 9. The third-order valence-electron chi connectivity index (χ3n) is 9.18. The number of benzene rings is 4. The molecule has 0 spiro atoms. The Kier molecular flexibility index (Phi) is 14.9. The highest BCUT2D eigenvalue weighted by Crippen LogP contribution is 2.31. The molecule has 6 rings (SSSR count). The number of carbonyl (C=O) groups is 2. The van der Waals surface area contributed by atoms with Gasteiger partial charge in [0, 0.05) is 13.8 Å². The van der Waals surface area contributed by atoms with Crippen LogP contribution in [0.4, 0.5) is 0 Å². The molecule has 2 saturated heterocycles. The van der Waals surface area contributed by atoms with Crippen LogP contribution >= 0.6 is 0 Å². The topological polar surface area (TPSA) is 137 Å². The molecule has 0 bridgehead atoms. The van der Waals surface area contributed by atoms with E-state index in [-0.39, 0.29) is 33.0 Å². The lowest BCUT2D eigenvalue weighted by atomic mass is 9.98. The van der Waals surface area contributed by atoms with E-state index in [0.717, 1.165) is 22.3 Å². The molecule has 2 aliphatic rings. The zero-order chi connectivity index (χ0) is 38.4. The molecular weight excluding hydrogens is 708 g/mol. The molecule has 2 fully saturated rings. The highest BCUT2D eigenvalue weighted by atomic mass is 16.7. The van der Waals surface area contributed by atoms with Crippen LogP contribution in [0.5, 0.6) is 0 Å². The minimum atomic E-state index is -1.57. The molecule has 0 radical (unpaired) electrons. The number of rotatable bonds is 17. The van der Waals surface area contributed by atoms with E-state index < -0.39 is 67.2 Å². The van der Waals surface area contributed by atoms with Crippen LogP contribution in [0.25, 0.3) is 0 Å². The second-order valence-corrected chi connectivity index (χ2v) is 13.4. The van der Waals surface area contributed by atoms with Crippen LogP contribution in [-0.2, 0) is 78.6 Å². The van der Waals surface area contributed by atoms with E-state index in [9.17, 15) is 14.7 Å². The minimum Gasteiger partial charge on any atom is -0.456 e. The molecule has 292 valence electrons. The van der Waals surface area contributed by atoms with Crippen molar-refractivity contribution < 1.29 is 57.3 Å². The first-order valence-corrected chi connectivity index (χ1v) is 18.4. The average Bonchev–Trinajstić information content (AvgIpc) is 3.20. The largest absolute Gasteiger partial charge is 0.456 e. The fourth-order valence-electron chi connectivity index (χ4n) is 6.54. The first-order chi connectivity index (χ1) is 26.8.